The zero-order valence-corrected chi connectivity index (χ0v) is 10.7. The monoisotopic (exact) mass is 240 g/mol. The number of hydrogen-bond acceptors (Lipinski definition) is 2. The maximum atomic E-state index is 5.45. The van der Waals surface area contributed by atoms with Gasteiger partial charge in [-0.25, -0.2) is 4.98 Å². The fourth-order valence-corrected chi connectivity index (χ4v) is 2.23. The summed E-state index contributed by atoms with van der Waals surface area (Å²) in [6.45, 7) is 4.24. The molecular formula is C15H16N2O. The van der Waals surface area contributed by atoms with Crippen molar-refractivity contribution < 1.29 is 4.42 Å². The van der Waals surface area contributed by atoms with Gasteiger partial charge in [0.25, 0.3) is 0 Å². The zero-order chi connectivity index (χ0) is 12.5. The molecule has 0 amide bonds. The van der Waals surface area contributed by atoms with Crippen molar-refractivity contribution in [3.63, 3.8) is 0 Å². The Morgan fingerprint density at radius 3 is 2.83 bits per heavy atom. The molecule has 0 bridgehead atoms. The van der Waals surface area contributed by atoms with Gasteiger partial charge < -0.3 is 9.40 Å². The average Bonchev–Trinajstić information content (AvgIpc) is 3.03. The van der Waals surface area contributed by atoms with Crippen LogP contribution in [0.4, 0.5) is 0 Å². The first-order chi connectivity index (χ1) is 8.81. The molecule has 2 aromatic heterocycles. The predicted octanol–water partition coefficient (Wildman–Crippen LogP) is 3.95. The van der Waals surface area contributed by atoms with E-state index < -0.39 is 0 Å². The Bertz CT molecular complexity index is 679. The first kappa shape index (κ1) is 11.1. The largest absolute Gasteiger partial charge is 0.469 e. The van der Waals surface area contributed by atoms with Gasteiger partial charge in [0.2, 0.25) is 0 Å². The smallest absolute Gasteiger partial charge is 0.142 e. The van der Waals surface area contributed by atoms with Gasteiger partial charge in [-0.2, -0.15) is 0 Å². The maximum Gasteiger partial charge on any atom is 0.142 e. The molecule has 3 heteroatoms. The average molecular weight is 240 g/mol. The number of nitrogens with one attached hydrogen (secondary N) is 1. The molecule has 18 heavy (non-hydrogen) atoms. The highest BCUT2D eigenvalue weighted by Crippen LogP contribution is 2.25. The topological polar surface area (TPSA) is 41.8 Å². The summed E-state index contributed by atoms with van der Waals surface area (Å²) in [7, 11) is 0. The highest BCUT2D eigenvalue weighted by Gasteiger charge is 2.11. The first-order valence-corrected chi connectivity index (χ1v) is 6.37. The fourth-order valence-electron chi connectivity index (χ4n) is 2.23. The molecule has 0 saturated heterocycles. The standard InChI is InChI=1S/C15H16N2O/c1-3-10-5-6-12-13(9-10)17-15(16-12)11-7-8-18-14(11)4-2/h5-9H,3-4H2,1-2H3,(H,16,17). The van der Waals surface area contributed by atoms with E-state index in [0.717, 1.165) is 41.0 Å². The Labute approximate surface area is 106 Å². The van der Waals surface area contributed by atoms with Crippen LogP contribution in [0.3, 0.4) is 0 Å². The van der Waals surface area contributed by atoms with Crippen LogP contribution in [0.25, 0.3) is 22.4 Å². The van der Waals surface area contributed by atoms with Crippen LogP contribution in [-0.2, 0) is 12.8 Å². The van der Waals surface area contributed by atoms with E-state index in [0.29, 0.717) is 0 Å². The summed E-state index contributed by atoms with van der Waals surface area (Å²) in [5, 5.41) is 0. The summed E-state index contributed by atoms with van der Waals surface area (Å²) in [6.07, 6.45) is 3.63. The van der Waals surface area contributed by atoms with Crippen molar-refractivity contribution in [3.05, 3.63) is 41.9 Å². The lowest BCUT2D eigenvalue weighted by Gasteiger charge is -1.94. The van der Waals surface area contributed by atoms with Crippen molar-refractivity contribution in [2.45, 2.75) is 26.7 Å². The van der Waals surface area contributed by atoms with Gasteiger partial charge in [0.05, 0.1) is 22.9 Å². The van der Waals surface area contributed by atoms with Crippen LogP contribution in [0.15, 0.2) is 34.9 Å². The number of aromatic nitrogens is 2. The van der Waals surface area contributed by atoms with E-state index >= 15 is 0 Å². The lowest BCUT2D eigenvalue weighted by atomic mass is 10.1. The van der Waals surface area contributed by atoms with E-state index in [2.05, 4.69) is 42.0 Å². The molecule has 3 aromatic rings. The highest BCUT2D eigenvalue weighted by molar-refractivity contribution is 5.80. The third kappa shape index (κ3) is 1.72. The molecule has 0 aliphatic carbocycles. The van der Waals surface area contributed by atoms with E-state index in [9.17, 15) is 0 Å². The Morgan fingerprint density at radius 2 is 2.06 bits per heavy atom. The summed E-state index contributed by atoms with van der Waals surface area (Å²) in [4.78, 5) is 8.00. The van der Waals surface area contributed by atoms with Crippen LogP contribution >= 0.6 is 0 Å². The van der Waals surface area contributed by atoms with Gasteiger partial charge in [-0.15, -0.1) is 0 Å². The van der Waals surface area contributed by atoms with Crippen LogP contribution in [0.2, 0.25) is 0 Å². The number of nitrogens with zero attached hydrogens (tertiary/aromatic N) is 1. The van der Waals surface area contributed by atoms with Crippen molar-refractivity contribution in [1.29, 1.82) is 0 Å². The van der Waals surface area contributed by atoms with Crippen molar-refractivity contribution in [2.24, 2.45) is 0 Å². The van der Waals surface area contributed by atoms with Gasteiger partial charge in [0, 0.05) is 6.42 Å². The number of H-pyrrole nitrogens is 1. The number of aromatic amines is 1. The second-order valence-corrected chi connectivity index (χ2v) is 4.40. The van der Waals surface area contributed by atoms with E-state index in [1.54, 1.807) is 6.26 Å². The molecule has 0 atom stereocenters. The number of furan rings is 1. The lowest BCUT2D eigenvalue weighted by molar-refractivity contribution is 0.517. The minimum atomic E-state index is 0.875. The number of aryl methyl sites for hydroxylation is 2. The Hall–Kier alpha value is -2.03. The molecule has 0 radical (unpaired) electrons. The fraction of sp³-hybridized carbons (Fsp3) is 0.267. The van der Waals surface area contributed by atoms with Crippen LogP contribution < -0.4 is 0 Å². The van der Waals surface area contributed by atoms with Gasteiger partial charge in [0.1, 0.15) is 11.6 Å². The SMILES string of the molecule is CCc1ccc2nc(-c3ccoc3CC)[nH]c2c1. The Balaban J connectivity index is 2.13. The summed E-state index contributed by atoms with van der Waals surface area (Å²) < 4.78 is 5.45. The number of hydrogen-bond donors (Lipinski definition) is 1. The van der Waals surface area contributed by atoms with E-state index in [1.165, 1.54) is 5.56 Å². The number of rotatable bonds is 3. The number of fused-ring (bicyclic) bond motifs is 1. The second-order valence-electron chi connectivity index (χ2n) is 4.40. The summed E-state index contributed by atoms with van der Waals surface area (Å²) in [6, 6.07) is 8.33. The van der Waals surface area contributed by atoms with Gasteiger partial charge in [0.15, 0.2) is 0 Å². The summed E-state index contributed by atoms with van der Waals surface area (Å²) in [5.41, 5.74) is 4.48. The molecule has 0 aliphatic heterocycles. The third-order valence-corrected chi connectivity index (χ3v) is 3.28. The molecule has 2 heterocycles. The van der Waals surface area contributed by atoms with E-state index in [1.807, 2.05) is 6.07 Å². The number of benzene rings is 1. The molecule has 3 nitrogen and oxygen atoms in total. The quantitative estimate of drug-likeness (QED) is 0.753. The summed E-state index contributed by atoms with van der Waals surface area (Å²) >= 11 is 0. The molecule has 0 unspecified atom stereocenters. The lowest BCUT2D eigenvalue weighted by Crippen LogP contribution is -1.83. The minimum Gasteiger partial charge on any atom is -0.469 e. The molecule has 0 fully saturated rings. The van der Waals surface area contributed by atoms with Crippen LogP contribution in [0, 0.1) is 0 Å². The Morgan fingerprint density at radius 1 is 1.17 bits per heavy atom. The highest BCUT2D eigenvalue weighted by atomic mass is 16.3. The van der Waals surface area contributed by atoms with E-state index in [-0.39, 0.29) is 0 Å². The molecule has 0 spiro atoms. The van der Waals surface area contributed by atoms with Crippen LogP contribution in [-0.4, -0.2) is 9.97 Å². The predicted molar refractivity (Wildman–Crippen MR) is 72.6 cm³/mol. The first-order valence-electron chi connectivity index (χ1n) is 6.37. The van der Waals surface area contributed by atoms with E-state index in [4.69, 9.17) is 4.42 Å². The molecular weight excluding hydrogens is 224 g/mol. The molecule has 0 saturated carbocycles. The summed E-state index contributed by atoms with van der Waals surface area (Å²) in [5.74, 6) is 1.87. The van der Waals surface area contributed by atoms with Crippen LogP contribution in [0.1, 0.15) is 25.2 Å². The van der Waals surface area contributed by atoms with Crippen LogP contribution in [0.5, 0.6) is 0 Å². The molecule has 1 N–H and O–H groups in total. The van der Waals surface area contributed by atoms with Crippen molar-refractivity contribution in [2.75, 3.05) is 0 Å². The van der Waals surface area contributed by atoms with Gasteiger partial charge in [-0.05, 0) is 30.2 Å². The zero-order valence-electron chi connectivity index (χ0n) is 10.7. The Kier molecular flexibility index (Phi) is 2.67. The minimum absolute atomic E-state index is 0.875. The van der Waals surface area contributed by atoms with Gasteiger partial charge in [-0.3, -0.25) is 0 Å². The maximum absolute atomic E-state index is 5.45. The second kappa shape index (κ2) is 4.33. The molecule has 92 valence electrons. The normalized spacial score (nSPS) is 11.2. The van der Waals surface area contributed by atoms with Crippen molar-refractivity contribution in [1.82, 2.24) is 9.97 Å². The molecule has 1 aromatic carbocycles. The molecule has 0 aliphatic rings. The van der Waals surface area contributed by atoms with Gasteiger partial charge in [-0.1, -0.05) is 19.9 Å². The van der Waals surface area contributed by atoms with Gasteiger partial charge >= 0.3 is 0 Å². The molecule has 3 rings (SSSR count). The number of imidazole rings is 1. The van der Waals surface area contributed by atoms with Crippen molar-refractivity contribution >= 4 is 11.0 Å². The van der Waals surface area contributed by atoms with Crippen molar-refractivity contribution in [3.8, 4) is 11.4 Å². The third-order valence-electron chi connectivity index (χ3n) is 3.28.